The first-order chi connectivity index (χ1) is 12.9. The molecule has 0 bridgehead atoms. The van der Waals surface area contributed by atoms with Crippen molar-refractivity contribution in [3.05, 3.63) is 23.3 Å². The van der Waals surface area contributed by atoms with Crippen molar-refractivity contribution in [3.63, 3.8) is 0 Å². The summed E-state index contributed by atoms with van der Waals surface area (Å²) in [7, 11) is 0. The highest BCUT2D eigenvalue weighted by Gasteiger charge is 2.65. The maximum absolute atomic E-state index is 12.9. The predicted octanol–water partition coefficient (Wildman–Crippen LogP) is 4.34. The van der Waals surface area contributed by atoms with Gasteiger partial charge in [0.05, 0.1) is 5.41 Å². The van der Waals surface area contributed by atoms with Crippen LogP contribution in [0.5, 0.6) is 0 Å². The van der Waals surface area contributed by atoms with Crippen LogP contribution in [0, 0.1) is 28.6 Å². The van der Waals surface area contributed by atoms with Crippen molar-refractivity contribution >= 4 is 11.9 Å². The second-order valence-corrected chi connectivity index (χ2v) is 9.69. The number of cyclic esters (lactones) is 1. The molecule has 146 valence electrons. The van der Waals surface area contributed by atoms with Crippen molar-refractivity contribution in [1.29, 1.82) is 0 Å². The van der Waals surface area contributed by atoms with Crippen molar-refractivity contribution in [1.82, 2.24) is 0 Å². The predicted molar refractivity (Wildman–Crippen MR) is 101 cm³/mol. The molecular formula is C23H30O4. The van der Waals surface area contributed by atoms with E-state index in [-0.39, 0.29) is 35.0 Å². The maximum Gasteiger partial charge on any atom is 0.316 e. The normalized spacial score (nSPS) is 47.7. The van der Waals surface area contributed by atoms with Crippen molar-refractivity contribution in [3.8, 4) is 0 Å². The molecule has 1 heterocycles. The third-order valence-corrected chi connectivity index (χ3v) is 8.63. The average Bonchev–Trinajstić information content (AvgIpc) is 3.11. The second-order valence-electron chi connectivity index (χ2n) is 9.69. The van der Waals surface area contributed by atoms with E-state index in [1.54, 1.807) is 0 Å². The average molecular weight is 370 g/mol. The number of esters is 2. The minimum absolute atomic E-state index is 0.0362. The Labute approximate surface area is 161 Å². The zero-order valence-corrected chi connectivity index (χ0v) is 16.6. The number of carbonyl (C=O) groups excluding carboxylic acids is 2. The van der Waals surface area contributed by atoms with Crippen LogP contribution >= 0.6 is 0 Å². The molecule has 1 spiro atoms. The largest absolute Gasteiger partial charge is 0.462 e. The highest BCUT2D eigenvalue weighted by molar-refractivity contribution is 5.85. The summed E-state index contributed by atoms with van der Waals surface area (Å²) in [6.45, 7) is 5.99. The summed E-state index contributed by atoms with van der Waals surface area (Å²) >= 11 is 0. The van der Waals surface area contributed by atoms with Crippen molar-refractivity contribution in [2.24, 2.45) is 28.6 Å². The van der Waals surface area contributed by atoms with Crippen LogP contribution in [-0.2, 0) is 19.1 Å². The van der Waals surface area contributed by atoms with E-state index in [2.05, 4.69) is 26.0 Å². The van der Waals surface area contributed by atoms with Crippen molar-refractivity contribution in [2.45, 2.75) is 77.9 Å². The Hall–Kier alpha value is -1.58. The Bertz CT molecular complexity index is 764. The summed E-state index contributed by atoms with van der Waals surface area (Å²) < 4.78 is 11.2. The summed E-state index contributed by atoms with van der Waals surface area (Å²) in [4.78, 5) is 24.3. The minimum atomic E-state index is -0.322. The quantitative estimate of drug-likeness (QED) is 0.509. The number of hydrogen-bond donors (Lipinski definition) is 0. The maximum atomic E-state index is 12.9. The number of fused-ring (bicyclic) bond motifs is 4. The Morgan fingerprint density at radius 3 is 2.78 bits per heavy atom. The Morgan fingerprint density at radius 2 is 2.00 bits per heavy atom. The van der Waals surface area contributed by atoms with E-state index in [0.717, 1.165) is 44.9 Å². The molecule has 4 aliphatic carbocycles. The standard InChI is InChI=1S/C23H30O4/c1-13-18-6-7-20-17-5-4-15-12-16(27-14(2)24)8-10-22(15,3)19(17)9-11-23(18,20)21(25)26-13/h4,7,13,16-19H,5-6,8-12H2,1-3H3. The lowest BCUT2D eigenvalue weighted by atomic mass is 9.48. The molecular weight excluding hydrogens is 340 g/mol. The summed E-state index contributed by atoms with van der Waals surface area (Å²) in [5.41, 5.74) is 2.73. The van der Waals surface area contributed by atoms with Gasteiger partial charge in [-0.1, -0.05) is 30.2 Å². The lowest BCUT2D eigenvalue weighted by Gasteiger charge is -2.55. The van der Waals surface area contributed by atoms with Crippen LogP contribution in [0.2, 0.25) is 0 Å². The van der Waals surface area contributed by atoms with Gasteiger partial charge in [0.15, 0.2) is 0 Å². The molecule has 7 unspecified atom stereocenters. The van der Waals surface area contributed by atoms with Crippen LogP contribution in [0.1, 0.15) is 65.7 Å². The van der Waals surface area contributed by atoms with Gasteiger partial charge < -0.3 is 9.47 Å². The van der Waals surface area contributed by atoms with Crippen LogP contribution < -0.4 is 0 Å². The van der Waals surface area contributed by atoms with Crippen LogP contribution in [-0.4, -0.2) is 24.1 Å². The molecule has 0 aromatic rings. The first-order valence-electron chi connectivity index (χ1n) is 10.6. The molecule has 0 amide bonds. The third-order valence-electron chi connectivity index (χ3n) is 8.63. The zero-order chi connectivity index (χ0) is 19.0. The fourth-order valence-corrected chi connectivity index (χ4v) is 7.38. The van der Waals surface area contributed by atoms with Crippen LogP contribution in [0.15, 0.2) is 23.3 Å². The zero-order valence-electron chi connectivity index (χ0n) is 16.6. The van der Waals surface area contributed by atoms with Gasteiger partial charge in [0.25, 0.3) is 0 Å². The minimum Gasteiger partial charge on any atom is -0.462 e. The van der Waals surface area contributed by atoms with Crippen molar-refractivity contribution < 1.29 is 19.1 Å². The summed E-state index contributed by atoms with van der Waals surface area (Å²) in [5, 5.41) is 0. The van der Waals surface area contributed by atoms with Gasteiger partial charge in [-0.05, 0) is 62.7 Å². The van der Waals surface area contributed by atoms with Gasteiger partial charge in [0.1, 0.15) is 12.2 Å². The molecule has 2 saturated carbocycles. The SMILES string of the molecule is CC(=O)OC1CCC2(C)C(=CCC3C4=CCC5C(C)OC(=O)C45CCC32)C1. The highest BCUT2D eigenvalue weighted by Crippen LogP contribution is 2.67. The van der Waals surface area contributed by atoms with Crippen LogP contribution in [0.25, 0.3) is 0 Å². The topological polar surface area (TPSA) is 52.6 Å². The molecule has 5 rings (SSSR count). The molecule has 1 aliphatic heterocycles. The molecule has 0 aromatic heterocycles. The first-order valence-corrected chi connectivity index (χ1v) is 10.6. The molecule has 4 heteroatoms. The summed E-state index contributed by atoms with van der Waals surface area (Å²) in [5.74, 6) is 1.28. The van der Waals surface area contributed by atoms with Crippen LogP contribution in [0.3, 0.4) is 0 Å². The monoisotopic (exact) mass is 370 g/mol. The van der Waals surface area contributed by atoms with Gasteiger partial charge in [0, 0.05) is 19.3 Å². The number of allylic oxidation sites excluding steroid dienone is 2. The smallest absolute Gasteiger partial charge is 0.316 e. The number of rotatable bonds is 1. The molecule has 27 heavy (non-hydrogen) atoms. The summed E-state index contributed by atoms with van der Waals surface area (Å²) in [6.07, 6.45) is 11.9. The first kappa shape index (κ1) is 17.5. The molecule has 5 aliphatic rings. The van der Waals surface area contributed by atoms with Gasteiger partial charge in [-0.3, -0.25) is 9.59 Å². The number of ether oxygens (including phenoxy) is 2. The number of carbonyl (C=O) groups is 2. The van der Waals surface area contributed by atoms with Crippen molar-refractivity contribution in [2.75, 3.05) is 0 Å². The lowest BCUT2D eigenvalue weighted by Crippen LogP contribution is -2.49. The van der Waals surface area contributed by atoms with E-state index in [4.69, 9.17) is 9.47 Å². The van der Waals surface area contributed by atoms with Gasteiger partial charge >= 0.3 is 11.9 Å². The van der Waals surface area contributed by atoms with E-state index in [9.17, 15) is 9.59 Å². The molecule has 7 atom stereocenters. The van der Waals surface area contributed by atoms with E-state index >= 15 is 0 Å². The summed E-state index contributed by atoms with van der Waals surface area (Å²) in [6, 6.07) is 0. The van der Waals surface area contributed by atoms with E-state index < -0.39 is 0 Å². The lowest BCUT2D eigenvalue weighted by molar-refractivity contribution is -0.149. The Morgan fingerprint density at radius 1 is 1.19 bits per heavy atom. The van der Waals surface area contributed by atoms with Gasteiger partial charge in [0.2, 0.25) is 0 Å². The van der Waals surface area contributed by atoms with E-state index in [1.165, 1.54) is 18.1 Å². The molecule has 0 radical (unpaired) electrons. The van der Waals surface area contributed by atoms with Gasteiger partial charge in [-0.15, -0.1) is 0 Å². The van der Waals surface area contributed by atoms with Crippen LogP contribution in [0.4, 0.5) is 0 Å². The number of hydrogen-bond acceptors (Lipinski definition) is 4. The second kappa shape index (κ2) is 5.71. The molecule has 4 nitrogen and oxygen atoms in total. The fourth-order valence-electron chi connectivity index (χ4n) is 7.38. The Balaban J connectivity index is 1.46. The van der Waals surface area contributed by atoms with Gasteiger partial charge in [-0.25, -0.2) is 0 Å². The van der Waals surface area contributed by atoms with E-state index in [1.807, 2.05) is 0 Å². The fraction of sp³-hybridized carbons (Fsp3) is 0.739. The molecule has 0 N–H and O–H groups in total. The highest BCUT2D eigenvalue weighted by atomic mass is 16.6. The molecule has 1 saturated heterocycles. The molecule has 3 fully saturated rings. The third kappa shape index (κ3) is 2.22. The molecule has 0 aromatic carbocycles. The van der Waals surface area contributed by atoms with Gasteiger partial charge in [-0.2, -0.15) is 0 Å². The van der Waals surface area contributed by atoms with E-state index in [0.29, 0.717) is 17.8 Å². The Kier molecular flexibility index (Phi) is 3.71.